The molecule has 3 heteroatoms. The van der Waals surface area contributed by atoms with E-state index >= 15 is 0 Å². The average Bonchev–Trinajstić information content (AvgIpc) is 3.09. The molecule has 0 amide bonds. The lowest BCUT2D eigenvalue weighted by molar-refractivity contribution is 0.219. The number of benzene rings is 1. The van der Waals surface area contributed by atoms with Gasteiger partial charge in [-0.2, -0.15) is 0 Å². The molecule has 1 aliphatic heterocycles. The fourth-order valence-corrected chi connectivity index (χ4v) is 4.56. The Hall–Kier alpha value is -0.900. The summed E-state index contributed by atoms with van der Waals surface area (Å²) in [6.07, 6.45) is 3.54. The summed E-state index contributed by atoms with van der Waals surface area (Å²) >= 11 is 0. The number of aliphatic hydroxyl groups excluding tert-OH is 1. The lowest BCUT2D eigenvalue weighted by atomic mass is 9.94. The van der Waals surface area contributed by atoms with E-state index in [1.807, 2.05) is 0 Å². The first kappa shape index (κ1) is 16.9. The Morgan fingerprint density at radius 2 is 1.96 bits per heavy atom. The number of fused-ring (bicyclic) bond motifs is 1. The summed E-state index contributed by atoms with van der Waals surface area (Å²) in [5.41, 5.74) is 1.43. The van der Waals surface area contributed by atoms with Gasteiger partial charge in [0.2, 0.25) is 0 Å². The number of nitrogens with zero attached hydrogens (tertiary/aromatic N) is 1. The second-order valence-corrected chi connectivity index (χ2v) is 7.82. The molecule has 1 saturated carbocycles. The van der Waals surface area contributed by atoms with Crippen LogP contribution in [-0.2, 0) is 6.54 Å². The van der Waals surface area contributed by atoms with Crippen LogP contribution in [0.1, 0.15) is 38.7 Å². The van der Waals surface area contributed by atoms with Gasteiger partial charge in [0, 0.05) is 38.3 Å². The van der Waals surface area contributed by atoms with Gasteiger partial charge in [0.15, 0.2) is 0 Å². The van der Waals surface area contributed by atoms with Crippen molar-refractivity contribution < 1.29 is 5.11 Å². The van der Waals surface area contributed by atoms with E-state index in [4.69, 9.17) is 0 Å². The summed E-state index contributed by atoms with van der Waals surface area (Å²) < 4.78 is 0. The highest BCUT2D eigenvalue weighted by Crippen LogP contribution is 2.39. The molecule has 1 heterocycles. The molecule has 1 saturated heterocycles. The maximum absolute atomic E-state index is 9.30. The molecule has 4 atom stereocenters. The van der Waals surface area contributed by atoms with Gasteiger partial charge in [-0.05, 0) is 42.6 Å². The van der Waals surface area contributed by atoms with E-state index in [2.05, 4.69) is 54.4 Å². The molecule has 0 radical (unpaired) electrons. The van der Waals surface area contributed by atoms with E-state index in [0.717, 1.165) is 24.8 Å². The van der Waals surface area contributed by atoms with Crippen molar-refractivity contribution in [2.45, 2.75) is 51.7 Å². The van der Waals surface area contributed by atoms with Gasteiger partial charge >= 0.3 is 0 Å². The van der Waals surface area contributed by atoms with Crippen LogP contribution in [0.15, 0.2) is 30.3 Å². The Bertz CT molecular complexity index is 476. The first-order valence-electron chi connectivity index (χ1n) is 9.30. The zero-order valence-electron chi connectivity index (χ0n) is 14.6. The Morgan fingerprint density at radius 1 is 1.17 bits per heavy atom. The van der Waals surface area contributed by atoms with E-state index < -0.39 is 0 Å². The number of rotatable bonds is 7. The van der Waals surface area contributed by atoms with E-state index in [0.29, 0.717) is 18.0 Å². The highest BCUT2D eigenvalue weighted by Gasteiger charge is 2.42. The average molecular weight is 316 g/mol. The smallest absolute Gasteiger partial charge is 0.0445 e. The highest BCUT2D eigenvalue weighted by atomic mass is 16.3. The molecule has 1 aromatic carbocycles. The molecule has 1 aromatic rings. The Labute approximate surface area is 141 Å². The van der Waals surface area contributed by atoms with Gasteiger partial charge < -0.3 is 10.4 Å². The fraction of sp³-hybridized carbons (Fsp3) is 0.700. The lowest BCUT2D eigenvalue weighted by Crippen LogP contribution is -2.45. The van der Waals surface area contributed by atoms with Crippen LogP contribution < -0.4 is 5.32 Å². The van der Waals surface area contributed by atoms with Crippen molar-refractivity contribution in [1.29, 1.82) is 0 Å². The minimum atomic E-state index is 0.288. The third-order valence-corrected chi connectivity index (χ3v) is 5.85. The summed E-state index contributed by atoms with van der Waals surface area (Å²) in [4.78, 5) is 2.63. The number of hydrogen-bond donors (Lipinski definition) is 2. The van der Waals surface area contributed by atoms with Crippen molar-refractivity contribution in [1.82, 2.24) is 10.2 Å². The fourth-order valence-electron chi connectivity index (χ4n) is 4.56. The van der Waals surface area contributed by atoms with Gasteiger partial charge in [-0.15, -0.1) is 0 Å². The van der Waals surface area contributed by atoms with Crippen molar-refractivity contribution in [2.75, 3.05) is 19.7 Å². The molecule has 2 N–H and O–H groups in total. The van der Waals surface area contributed by atoms with Gasteiger partial charge in [-0.25, -0.2) is 0 Å². The molecule has 128 valence electrons. The molecular formula is C20H32N2O. The highest BCUT2D eigenvalue weighted by molar-refractivity contribution is 5.15. The van der Waals surface area contributed by atoms with Crippen LogP contribution in [0.2, 0.25) is 0 Å². The molecule has 4 unspecified atom stereocenters. The standard InChI is InChI=1S/C20H32N2O/c1-15(2)19(10-11-23)21-20-9-8-17-13-22(14-18(17)20)12-16-6-4-3-5-7-16/h3-7,15,17-21,23H,8-14H2,1-2H3. The second kappa shape index (κ2) is 7.78. The minimum Gasteiger partial charge on any atom is -0.396 e. The SMILES string of the molecule is CC(C)C(CCO)NC1CCC2CN(Cc3ccccc3)CC21. The maximum Gasteiger partial charge on any atom is 0.0445 e. The summed E-state index contributed by atoms with van der Waals surface area (Å²) in [7, 11) is 0. The van der Waals surface area contributed by atoms with Crippen LogP contribution in [0.4, 0.5) is 0 Å². The van der Waals surface area contributed by atoms with E-state index in [1.165, 1.54) is 31.5 Å². The first-order chi connectivity index (χ1) is 11.2. The Morgan fingerprint density at radius 3 is 2.65 bits per heavy atom. The van der Waals surface area contributed by atoms with Crippen LogP contribution in [0.5, 0.6) is 0 Å². The van der Waals surface area contributed by atoms with Gasteiger partial charge in [-0.3, -0.25) is 4.90 Å². The molecule has 3 rings (SSSR count). The maximum atomic E-state index is 9.30. The monoisotopic (exact) mass is 316 g/mol. The van der Waals surface area contributed by atoms with E-state index in [1.54, 1.807) is 0 Å². The summed E-state index contributed by atoms with van der Waals surface area (Å²) in [6, 6.07) is 11.9. The molecule has 0 bridgehead atoms. The Balaban J connectivity index is 1.56. The van der Waals surface area contributed by atoms with Crippen LogP contribution in [0.25, 0.3) is 0 Å². The van der Waals surface area contributed by atoms with Crippen LogP contribution in [0.3, 0.4) is 0 Å². The largest absolute Gasteiger partial charge is 0.396 e. The van der Waals surface area contributed by atoms with Crippen molar-refractivity contribution >= 4 is 0 Å². The molecule has 3 nitrogen and oxygen atoms in total. The number of nitrogens with one attached hydrogen (secondary N) is 1. The summed E-state index contributed by atoms with van der Waals surface area (Å²) in [5.74, 6) is 2.24. The lowest BCUT2D eigenvalue weighted by Gasteiger charge is -2.29. The third-order valence-electron chi connectivity index (χ3n) is 5.85. The minimum absolute atomic E-state index is 0.288. The Kier molecular flexibility index (Phi) is 5.73. The molecule has 1 aliphatic carbocycles. The molecule has 23 heavy (non-hydrogen) atoms. The molecular weight excluding hydrogens is 284 g/mol. The quantitative estimate of drug-likeness (QED) is 0.812. The molecule has 2 fully saturated rings. The van der Waals surface area contributed by atoms with E-state index in [9.17, 15) is 5.11 Å². The van der Waals surface area contributed by atoms with Crippen LogP contribution in [-0.4, -0.2) is 41.8 Å². The van der Waals surface area contributed by atoms with Gasteiger partial charge in [0.25, 0.3) is 0 Å². The summed E-state index contributed by atoms with van der Waals surface area (Å²) in [6.45, 7) is 8.37. The first-order valence-corrected chi connectivity index (χ1v) is 9.30. The topological polar surface area (TPSA) is 35.5 Å². The summed E-state index contributed by atoms with van der Waals surface area (Å²) in [5, 5.41) is 13.2. The molecule has 2 aliphatic rings. The predicted molar refractivity (Wildman–Crippen MR) is 95.2 cm³/mol. The van der Waals surface area contributed by atoms with Crippen LogP contribution in [0, 0.1) is 17.8 Å². The third kappa shape index (κ3) is 4.14. The van der Waals surface area contributed by atoms with Gasteiger partial charge in [0.05, 0.1) is 0 Å². The van der Waals surface area contributed by atoms with Crippen molar-refractivity contribution in [3.05, 3.63) is 35.9 Å². The molecule has 0 spiro atoms. The molecule has 0 aromatic heterocycles. The zero-order valence-corrected chi connectivity index (χ0v) is 14.6. The van der Waals surface area contributed by atoms with Crippen LogP contribution >= 0.6 is 0 Å². The van der Waals surface area contributed by atoms with Crippen molar-refractivity contribution in [3.63, 3.8) is 0 Å². The van der Waals surface area contributed by atoms with Crippen molar-refractivity contribution in [2.24, 2.45) is 17.8 Å². The van der Waals surface area contributed by atoms with E-state index in [-0.39, 0.29) is 6.61 Å². The zero-order chi connectivity index (χ0) is 16.2. The number of aliphatic hydroxyl groups is 1. The van der Waals surface area contributed by atoms with Crippen molar-refractivity contribution in [3.8, 4) is 0 Å². The number of likely N-dealkylation sites (tertiary alicyclic amines) is 1. The number of hydrogen-bond acceptors (Lipinski definition) is 3. The van der Waals surface area contributed by atoms with Gasteiger partial charge in [0.1, 0.15) is 0 Å². The van der Waals surface area contributed by atoms with Gasteiger partial charge in [-0.1, -0.05) is 44.2 Å². The predicted octanol–water partition coefficient (Wildman–Crippen LogP) is 2.89. The normalized spacial score (nSPS) is 29.1. The second-order valence-electron chi connectivity index (χ2n) is 7.82.